The number of thioether (sulfide) groups is 1. The molecule has 0 bridgehead atoms. The molecule has 7 nitrogen and oxygen atoms in total. The number of nitro benzene ring substituents is 1. The SMILES string of the molecule is O=C(CO/N=C/c1cccc([N+](=O)[O-])c1)Nc1ccc(SC(F)F)cc1. The molecule has 1 amide bonds. The van der Waals surface area contributed by atoms with E-state index in [1.807, 2.05) is 0 Å². The summed E-state index contributed by atoms with van der Waals surface area (Å²) >= 11 is 0.412. The van der Waals surface area contributed by atoms with Gasteiger partial charge in [-0.1, -0.05) is 29.1 Å². The van der Waals surface area contributed by atoms with Gasteiger partial charge in [0, 0.05) is 28.3 Å². The highest BCUT2D eigenvalue weighted by Gasteiger charge is 2.07. The number of hydrogen-bond donors (Lipinski definition) is 1. The highest BCUT2D eigenvalue weighted by molar-refractivity contribution is 7.99. The summed E-state index contributed by atoms with van der Waals surface area (Å²) < 4.78 is 24.4. The fraction of sp³-hybridized carbons (Fsp3) is 0.125. The van der Waals surface area contributed by atoms with Crippen molar-refractivity contribution in [3.63, 3.8) is 0 Å². The van der Waals surface area contributed by atoms with Gasteiger partial charge in [0.2, 0.25) is 0 Å². The van der Waals surface area contributed by atoms with Crippen LogP contribution < -0.4 is 5.32 Å². The van der Waals surface area contributed by atoms with Gasteiger partial charge in [-0.3, -0.25) is 14.9 Å². The van der Waals surface area contributed by atoms with Crippen molar-refractivity contribution >= 4 is 35.3 Å². The minimum absolute atomic E-state index is 0.0832. The molecule has 10 heteroatoms. The number of halogens is 2. The number of oxime groups is 1. The monoisotopic (exact) mass is 381 g/mol. The number of amides is 1. The standard InChI is InChI=1S/C16H13F2N3O4S/c17-16(18)26-14-6-4-12(5-7-14)20-15(22)10-25-19-9-11-2-1-3-13(8-11)21(23)24/h1-9,16H,10H2,(H,20,22)/b19-9+. The molecule has 0 atom stereocenters. The number of carbonyl (C=O) groups excluding carboxylic acids is 1. The molecule has 0 aliphatic heterocycles. The number of hydrogen-bond acceptors (Lipinski definition) is 6. The average Bonchev–Trinajstić information content (AvgIpc) is 2.60. The zero-order valence-corrected chi connectivity index (χ0v) is 14.0. The summed E-state index contributed by atoms with van der Waals surface area (Å²) in [5, 5.41) is 16.8. The predicted molar refractivity (Wildman–Crippen MR) is 93.6 cm³/mol. The molecule has 0 heterocycles. The Morgan fingerprint density at radius 3 is 2.69 bits per heavy atom. The van der Waals surface area contributed by atoms with E-state index in [1.54, 1.807) is 6.07 Å². The van der Waals surface area contributed by atoms with Gasteiger partial charge >= 0.3 is 0 Å². The molecule has 0 unspecified atom stereocenters. The van der Waals surface area contributed by atoms with Crippen LogP contribution in [-0.4, -0.2) is 29.4 Å². The Bertz CT molecular complexity index is 800. The van der Waals surface area contributed by atoms with Gasteiger partial charge in [0.25, 0.3) is 17.4 Å². The lowest BCUT2D eigenvalue weighted by Crippen LogP contribution is -2.16. The van der Waals surface area contributed by atoms with Crippen molar-refractivity contribution < 1.29 is 23.3 Å². The van der Waals surface area contributed by atoms with E-state index in [1.165, 1.54) is 48.7 Å². The zero-order valence-electron chi connectivity index (χ0n) is 13.2. The molecule has 0 fully saturated rings. The van der Waals surface area contributed by atoms with Gasteiger partial charge in [-0.15, -0.1) is 0 Å². The number of carbonyl (C=O) groups is 1. The highest BCUT2D eigenvalue weighted by atomic mass is 32.2. The van der Waals surface area contributed by atoms with E-state index >= 15 is 0 Å². The Hall–Kier alpha value is -3.01. The zero-order chi connectivity index (χ0) is 18.9. The maximum Gasteiger partial charge on any atom is 0.288 e. The van der Waals surface area contributed by atoms with E-state index in [9.17, 15) is 23.7 Å². The first-order chi connectivity index (χ1) is 12.4. The minimum atomic E-state index is -2.51. The lowest BCUT2D eigenvalue weighted by atomic mass is 10.2. The normalized spacial score (nSPS) is 10.9. The van der Waals surface area contributed by atoms with Crippen LogP contribution in [0.25, 0.3) is 0 Å². The van der Waals surface area contributed by atoms with Crippen molar-refractivity contribution in [2.75, 3.05) is 11.9 Å². The Labute approximate surface area is 151 Å². The largest absolute Gasteiger partial charge is 0.386 e. The number of benzene rings is 2. The number of nitro groups is 1. The molecule has 0 radical (unpaired) electrons. The maximum atomic E-state index is 12.2. The molecule has 0 saturated carbocycles. The van der Waals surface area contributed by atoms with E-state index in [0.717, 1.165) is 0 Å². The van der Waals surface area contributed by atoms with Crippen molar-refractivity contribution in [3.8, 4) is 0 Å². The predicted octanol–water partition coefficient (Wildman–Crippen LogP) is 3.90. The van der Waals surface area contributed by atoms with Gasteiger partial charge in [-0.05, 0) is 24.3 Å². The van der Waals surface area contributed by atoms with Crippen molar-refractivity contribution in [1.29, 1.82) is 0 Å². The molecule has 0 aromatic heterocycles. The molecule has 0 spiro atoms. The first kappa shape index (κ1) is 19.3. The first-order valence-electron chi connectivity index (χ1n) is 7.18. The van der Waals surface area contributed by atoms with E-state index in [4.69, 9.17) is 4.84 Å². The summed E-state index contributed by atoms with van der Waals surface area (Å²) in [6.45, 7) is -0.376. The summed E-state index contributed by atoms with van der Waals surface area (Å²) in [7, 11) is 0. The van der Waals surface area contributed by atoms with Gasteiger partial charge in [0.15, 0.2) is 6.61 Å². The molecule has 136 valence electrons. The van der Waals surface area contributed by atoms with Crippen molar-refractivity contribution in [1.82, 2.24) is 0 Å². The van der Waals surface area contributed by atoms with Crippen molar-refractivity contribution in [3.05, 3.63) is 64.2 Å². The number of non-ortho nitro benzene ring substituents is 1. The maximum absolute atomic E-state index is 12.2. The van der Waals surface area contributed by atoms with Gasteiger partial charge < -0.3 is 10.2 Å². The summed E-state index contributed by atoms with van der Waals surface area (Å²) in [6.07, 6.45) is 1.25. The average molecular weight is 381 g/mol. The van der Waals surface area contributed by atoms with Crippen LogP contribution >= 0.6 is 11.8 Å². The molecule has 2 rings (SSSR count). The third-order valence-corrected chi connectivity index (χ3v) is 3.64. The van der Waals surface area contributed by atoms with Gasteiger partial charge in [0.05, 0.1) is 11.1 Å². The van der Waals surface area contributed by atoms with E-state index in [0.29, 0.717) is 27.9 Å². The van der Waals surface area contributed by atoms with Crippen LogP contribution in [0.2, 0.25) is 0 Å². The minimum Gasteiger partial charge on any atom is -0.386 e. The summed E-state index contributed by atoms with van der Waals surface area (Å²) in [5.74, 6) is -3.00. The van der Waals surface area contributed by atoms with Crippen LogP contribution in [0.3, 0.4) is 0 Å². The molecule has 26 heavy (non-hydrogen) atoms. The van der Waals surface area contributed by atoms with Gasteiger partial charge in [0.1, 0.15) is 0 Å². The van der Waals surface area contributed by atoms with Crippen LogP contribution in [-0.2, 0) is 9.63 Å². The number of rotatable bonds is 8. The lowest BCUT2D eigenvalue weighted by molar-refractivity contribution is -0.384. The third-order valence-electron chi connectivity index (χ3n) is 2.92. The smallest absolute Gasteiger partial charge is 0.288 e. The lowest BCUT2D eigenvalue weighted by Gasteiger charge is -2.05. The van der Waals surface area contributed by atoms with E-state index < -0.39 is 16.6 Å². The Kier molecular flexibility index (Phi) is 7.03. The Balaban J connectivity index is 1.80. The quantitative estimate of drug-likeness (QED) is 0.324. The van der Waals surface area contributed by atoms with Gasteiger partial charge in [-0.2, -0.15) is 8.78 Å². The Morgan fingerprint density at radius 2 is 2.04 bits per heavy atom. The second kappa shape index (κ2) is 9.47. The van der Waals surface area contributed by atoms with E-state index in [-0.39, 0.29) is 12.3 Å². The fourth-order valence-electron chi connectivity index (χ4n) is 1.83. The molecule has 2 aromatic rings. The van der Waals surface area contributed by atoms with Crippen molar-refractivity contribution in [2.45, 2.75) is 10.7 Å². The molecule has 2 aromatic carbocycles. The molecule has 0 aliphatic rings. The molecule has 0 aliphatic carbocycles. The number of alkyl halides is 2. The van der Waals surface area contributed by atoms with Crippen LogP contribution in [0.1, 0.15) is 5.56 Å². The second-order valence-corrected chi connectivity index (χ2v) is 5.87. The molecular weight excluding hydrogens is 368 g/mol. The number of nitrogens with zero attached hydrogens (tertiary/aromatic N) is 2. The van der Waals surface area contributed by atoms with Gasteiger partial charge in [-0.25, -0.2) is 0 Å². The summed E-state index contributed by atoms with van der Waals surface area (Å²) in [4.78, 5) is 27.0. The third kappa shape index (κ3) is 6.48. The topological polar surface area (TPSA) is 93.8 Å². The Morgan fingerprint density at radius 1 is 1.31 bits per heavy atom. The van der Waals surface area contributed by atoms with E-state index in [2.05, 4.69) is 10.5 Å². The molecule has 1 N–H and O–H groups in total. The second-order valence-electron chi connectivity index (χ2n) is 4.81. The van der Waals surface area contributed by atoms with Crippen LogP contribution in [0.15, 0.2) is 58.6 Å². The van der Waals surface area contributed by atoms with Crippen LogP contribution in [0.4, 0.5) is 20.2 Å². The number of nitrogens with one attached hydrogen (secondary N) is 1. The summed E-state index contributed by atoms with van der Waals surface area (Å²) in [5.41, 5.74) is 0.798. The number of anilines is 1. The highest BCUT2D eigenvalue weighted by Crippen LogP contribution is 2.26. The molecular formula is C16H13F2N3O4S. The summed E-state index contributed by atoms with van der Waals surface area (Å²) in [6, 6.07) is 11.7. The molecule has 0 saturated heterocycles. The van der Waals surface area contributed by atoms with Crippen LogP contribution in [0, 0.1) is 10.1 Å². The van der Waals surface area contributed by atoms with Crippen molar-refractivity contribution in [2.24, 2.45) is 5.16 Å². The first-order valence-corrected chi connectivity index (χ1v) is 8.06. The van der Waals surface area contributed by atoms with Crippen LogP contribution in [0.5, 0.6) is 0 Å². The fourth-order valence-corrected chi connectivity index (χ4v) is 2.33.